The molecule has 35 heavy (non-hydrogen) atoms. The van der Waals surface area contributed by atoms with E-state index in [0.717, 1.165) is 55.5 Å². The highest BCUT2D eigenvalue weighted by Crippen LogP contribution is 2.30. The van der Waals surface area contributed by atoms with E-state index in [1.54, 1.807) is 24.5 Å². The molecule has 3 aromatic rings. The van der Waals surface area contributed by atoms with Gasteiger partial charge in [0, 0.05) is 38.4 Å². The standard InChI is InChI=1S/C27H31N5O3/c28-27(24-10-3-5-13-29-24)11-15-31(16-12-27)18-19-17-20(26(35)32-14-6-4-8-22(19)32)25(34)30-21-7-1-2-9-23(21)33/h3-6,8,10,13-14,17,21H,1-2,7,9,11-12,15-16,18,28H2,(H,30,34)/t21-/m1/s1. The van der Waals surface area contributed by atoms with Crippen molar-refractivity contribution in [3.05, 3.63) is 82.0 Å². The Balaban J connectivity index is 1.38. The van der Waals surface area contributed by atoms with Crippen LogP contribution in [0.25, 0.3) is 5.52 Å². The predicted octanol–water partition coefficient (Wildman–Crippen LogP) is 2.39. The van der Waals surface area contributed by atoms with E-state index < -0.39 is 17.5 Å². The lowest BCUT2D eigenvalue weighted by molar-refractivity contribution is -0.122. The molecule has 8 heteroatoms. The zero-order valence-corrected chi connectivity index (χ0v) is 19.8. The number of likely N-dealkylation sites (tertiary alicyclic amines) is 1. The molecule has 0 unspecified atom stereocenters. The van der Waals surface area contributed by atoms with Gasteiger partial charge >= 0.3 is 0 Å². The number of hydrogen-bond donors (Lipinski definition) is 2. The van der Waals surface area contributed by atoms with E-state index in [-0.39, 0.29) is 16.9 Å². The number of carbonyl (C=O) groups is 2. The van der Waals surface area contributed by atoms with Crippen LogP contribution in [-0.4, -0.2) is 45.1 Å². The average molecular weight is 474 g/mol. The van der Waals surface area contributed by atoms with Crippen LogP contribution in [0.5, 0.6) is 0 Å². The van der Waals surface area contributed by atoms with E-state index in [9.17, 15) is 14.4 Å². The number of Topliss-reactive ketones (excluding diaryl/α,β-unsaturated/α-hetero) is 1. The Bertz CT molecular complexity index is 1300. The number of nitrogens with zero attached hydrogens (tertiary/aromatic N) is 3. The molecule has 1 saturated carbocycles. The summed E-state index contributed by atoms with van der Waals surface area (Å²) in [6.07, 6.45) is 7.85. The third kappa shape index (κ3) is 4.76. The SMILES string of the molecule is NC1(c2ccccn2)CCN(Cc2cc(C(=O)N[C@@H]3CCCCC3=O)c(=O)n3ccccc23)CC1. The lowest BCUT2D eigenvalue weighted by Gasteiger charge is -2.39. The maximum Gasteiger partial charge on any atom is 0.267 e. The topological polar surface area (TPSA) is 110 Å². The number of fused-ring (bicyclic) bond motifs is 1. The molecule has 3 aromatic heterocycles. The first-order valence-corrected chi connectivity index (χ1v) is 12.3. The van der Waals surface area contributed by atoms with Gasteiger partial charge in [-0.3, -0.25) is 28.7 Å². The molecule has 0 radical (unpaired) electrons. The van der Waals surface area contributed by atoms with Crippen molar-refractivity contribution in [1.82, 2.24) is 19.6 Å². The highest BCUT2D eigenvalue weighted by atomic mass is 16.2. The van der Waals surface area contributed by atoms with Crippen molar-refractivity contribution >= 4 is 17.2 Å². The summed E-state index contributed by atoms with van der Waals surface area (Å²) < 4.78 is 1.53. The van der Waals surface area contributed by atoms with Gasteiger partial charge in [-0.05, 0) is 61.6 Å². The van der Waals surface area contributed by atoms with Gasteiger partial charge in [0.15, 0.2) is 5.78 Å². The van der Waals surface area contributed by atoms with Gasteiger partial charge in [-0.2, -0.15) is 0 Å². The highest BCUT2D eigenvalue weighted by molar-refractivity contribution is 5.98. The van der Waals surface area contributed by atoms with Crippen LogP contribution < -0.4 is 16.6 Å². The zero-order valence-electron chi connectivity index (χ0n) is 19.8. The van der Waals surface area contributed by atoms with Gasteiger partial charge in [0.1, 0.15) is 5.56 Å². The lowest BCUT2D eigenvalue weighted by Crippen LogP contribution is -2.48. The molecule has 1 aliphatic carbocycles. The van der Waals surface area contributed by atoms with Gasteiger partial charge in [0.05, 0.1) is 22.8 Å². The van der Waals surface area contributed by atoms with Crippen LogP contribution in [0, 0.1) is 0 Å². The van der Waals surface area contributed by atoms with Gasteiger partial charge < -0.3 is 11.1 Å². The number of nitrogens with two attached hydrogens (primary N) is 1. The van der Waals surface area contributed by atoms with Crippen LogP contribution in [-0.2, 0) is 16.9 Å². The van der Waals surface area contributed by atoms with E-state index in [0.29, 0.717) is 19.4 Å². The van der Waals surface area contributed by atoms with E-state index in [2.05, 4.69) is 15.2 Å². The molecule has 2 fully saturated rings. The highest BCUT2D eigenvalue weighted by Gasteiger charge is 2.34. The Morgan fingerprint density at radius 2 is 1.91 bits per heavy atom. The predicted molar refractivity (Wildman–Crippen MR) is 133 cm³/mol. The Hall–Kier alpha value is -3.36. The first-order chi connectivity index (χ1) is 16.9. The summed E-state index contributed by atoms with van der Waals surface area (Å²) in [5.74, 6) is -0.443. The minimum atomic E-state index is -0.512. The van der Waals surface area contributed by atoms with Crippen molar-refractivity contribution in [1.29, 1.82) is 0 Å². The average Bonchev–Trinajstić information content (AvgIpc) is 2.89. The van der Waals surface area contributed by atoms with Crippen molar-refractivity contribution in [2.45, 2.75) is 56.7 Å². The summed E-state index contributed by atoms with van der Waals surface area (Å²) in [7, 11) is 0. The normalized spacial score (nSPS) is 20.6. The van der Waals surface area contributed by atoms with Crippen LogP contribution in [0.4, 0.5) is 0 Å². The quantitative estimate of drug-likeness (QED) is 0.589. The second-order valence-corrected chi connectivity index (χ2v) is 9.73. The number of pyridine rings is 3. The maximum absolute atomic E-state index is 13.2. The van der Waals surface area contributed by atoms with Gasteiger partial charge in [-0.25, -0.2) is 0 Å². The fraction of sp³-hybridized carbons (Fsp3) is 0.407. The molecule has 1 amide bonds. The zero-order chi connectivity index (χ0) is 24.4. The summed E-state index contributed by atoms with van der Waals surface area (Å²) in [4.78, 5) is 45.2. The summed E-state index contributed by atoms with van der Waals surface area (Å²) in [5.41, 5.74) is 8.52. The largest absolute Gasteiger partial charge is 0.342 e. The summed E-state index contributed by atoms with van der Waals surface area (Å²) in [6.45, 7) is 2.15. The van der Waals surface area contributed by atoms with Crippen molar-refractivity contribution in [2.24, 2.45) is 5.73 Å². The molecule has 182 valence electrons. The molecule has 1 saturated heterocycles. The van der Waals surface area contributed by atoms with Crippen LogP contribution in [0.3, 0.4) is 0 Å². The van der Waals surface area contributed by atoms with Crippen molar-refractivity contribution < 1.29 is 9.59 Å². The summed E-state index contributed by atoms with van der Waals surface area (Å²) in [5, 5.41) is 2.81. The number of hydrogen-bond acceptors (Lipinski definition) is 6. The second kappa shape index (κ2) is 9.71. The van der Waals surface area contributed by atoms with E-state index in [4.69, 9.17) is 5.73 Å². The Labute approximate surface area is 204 Å². The number of piperidine rings is 1. The smallest absolute Gasteiger partial charge is 0.267 e. The molecule has 1 aliphatic heterocycles. The lowest BCUT2D eigenvalue weighted by atomic mass is 9.85. The second-order valence-electron chi connectivity index (χ2n) is 9.73. The number of rotatable bonds is 5. The van der Waals surface area contributed by atoms with Crippen LogP contribution in [0.15, 0.2) is 59.7 Å². The van der Waals surface area contributed by atoms with Crippen LogP contribution in [0.1, 0.15) is 60.1 Å². The molecule has 3 N–H and O–H groups in total. The molecule has 1 atom stereocenters. The molecule has 2 aliphatic rings. The molecule has 0 aromatic carbocycles. The first-order valence-electron chi connectivity index (χ1n) is 12.3. The van der Waals surface area contributed by atoms with E-state index in [1.807, 2.05) is 30.3 Å². The van der Waals surface area contributed by atoms with Crippen molar-refractivity contribution in [3.8, 4) is 0 Å². The maximum atomic E-state index is 13.2. The third-order valence-electron chi connectivity index (χ3n) is 7.38. The number of amides is 1. The molecule has 0 spiro atoms. The van der Waals surface area contributed by atoms with Gasteiger partial charge in [0.25, 0.3) is 11.5 Å². The molecular weight excluding hydrogens is 442 g/mol. The Kier molecular flexibility index (Phi) is 6.49. The molecule has 4 heterocycles. The van der Waals surface area contributed by atoms with Crippen molar-refractivity contribution in [3.63, 3.8) is 0 Å². The van der Waals surface area contributed by atoms with E-state index in [1.165, 1.54) is 4.40 Å². The fourth-order valence-electron chi connectivity index (χ4n) is 5.25. The molecule has 0 bridgehead atoms. The van der Waals surface area contributed by atoms with Crippen molar-refractivity contribution in [2.75, 3.05) is 13.1 Å². The Morgan fingerprint density at radius 3 is 2.66 bits per heavy atom. The number of ketones is 1. The summed E-state index contributed by atoms with van der Waals surface area (Å²) in [6, 6.07) is 12.6. The Morgan fingerprint density at radius 1 is 1.11 bits per heavy atom. The molecule has 8 nitrogen and oxygen atoms in total. The number of carbonyl (C=O) groups excluding carboxylic acids is 2. The molecular formula is C27H31N5O3. The minimum Gasteiger partial charge on any atom is -0.342 e. The van der Waals surface area contributed by atoms with E-state index >= 15 is 0 Å². The molecule has 5 rings (SSSR count). The van der Waals surface area contributed by atoms with Gasteiger partial charge in [-0.1, -0.05) is 18.6 Å². The van der Waals surface area contributed by atoms with Crippen LogP contribution >= 0.6 is 0 Å². The summed E-state index contributed by atoms with van der Waals surface area (Å²) >= 11 is 0. The van der Waals surface area contributed by atoms with Gasteiger partial charge in [-0.15, -0.1) is 0 Å². The first kappa shape index (κ1) is 23.4. The monoisotopic (exact) mass is 473 g/mol. The minimum absolute atomic E-state index is 0.0391. The third-order valence-corrected chi connectivity index (χ3v) is 7.38. The number of aromatic nitrogens is 2. The fourth-order valence-corrected chi connectivity index (χ4v) is 5.25. The van der Waals surface area contributed by atoms with Crippen LogP contribution in [0.2, 0.25) is 0 Å². The number of nitrogens with one attached hydrogen (secondary N) is 1. The van der Waals surface area contributed by atoms with Gasteiger partial charge in [0.2, 0.25) is 0 Å².